The summed E-state index contributed by atoms with van der Waals surface area (Å²) in [6.45, 7) is 8.41. The lowest BCUT2D eigenvalue weighted by molar-refractivity contribution is -0.133. The summed E-state index contributed by atoms with van der Waals surface area (Å²) in [5.74, 6) is 1.03. The minimum Gasteiger partial charge on any atom is -0.342 e. The number of nitrogens with zero attached hydrogens (tertiary/aromatic N) is 2. The SMILES string of the molecule is CCCCN(C)CCC(=O)N1CCCC(C)C1. The molecule has 0 radical (unpaired) electrons. The molecule has 1 aliphatic rings. The van der Waals surface area contributed by atoms with E-state index in [1.165, 1.54) is 25.7 Å². The van der Waals surface area contributed by atoms with Gasteiger partial charge in [0, 0.05) is 26.1 Å². The molecule has 1 rings (SSSR count). The second-order valence-electron chi connectivity index (χ2n) is 5.49. The highest BCUT2D eigenvalue weighted by atomic mass is 16.2. The van der Waals surface area contributed by atoms with E-state index < -0.39 is 0 Å². The van der Waals surface area contributed by atoms with Gasteiger partial charge in [0.15, 0.2) is 0 Å². The highest BCUT2D eigenvalue weighted by Gasteiger charge is 2.20. The number of likely N-dealkylation sites (tertiary alicyclic amines) is 1. The number of carbonyl (C=O) groups excluding carboxylic acids is 1. The summed E-state index contributed by atoms with van der Waals surface area (Å²) in [6.07, 6.45) is 5.60. The first-order chi connectivity index (χ1) is 8.13. The fraction of sp³-hybridized carbons (Fsp3) is 0.929. The third-order valence-electron chi connectivity index (χ3n) is 3.61. The van der Waals surface area contributed by atoms with Crippen LogP contribution in [0.5, 0.6) is 0 Å². The Morgan fingerprint density at radius 1 is 1.41 bits per heavy atom. The first-order valence-electron chi connectivity index (χ1n) is 7.09. The van der Waals surface area contributed by atoms with Gasteiger partial charge >= 0.3 is 0 Å². The van der Waals surface area contributed by atoms with Gasteiger partial charge in [0.25, 0.3) is 0 Å². The molecule has 1 heterocycles. The molecule has 0 spiro atoms. The highest BCUT2D eigenvalue weighted by molar-refractivity contribution is 5.76. The van der Waals surface area contributed by atoms with Crippen LogP contribution >= 0.6 is 0 Å². The average Bonchev–Trinajstić information content (AvgIpc) is 2.33. The second kappa shape index (κ2) is 7.70. The van der Waals surface area contributed by atoms with Gasteiger partial charge in [-0.25, -0.2) is 0 Å². The average molecular weight is 240 g/mol. The Balaban J connectivity index is 2.19. The molecule has 3 nitrogen and oxygen atoms in total. The molecule has 1 amide bonds. The largest absolute Gasteiger partial charge is 0.342 e. The molecular weight excluding hydrogens is 212 g/mol. The molecule has 1 aliphatic heterocycles. The minimum absolute atomic E-state index is 0.347. The van der Waals surface area contributed by atoms with Crippen LogP contribution in [0.1, 0.15) is 46.0 Å². The van der Waals surface area contributed by atoms with Crippen molar-refractivity contribution in [3.8, 4) is 0 Å². The van der Waals surface area contributed by atoms with Crippen molar-refractivity contribution in [2.24, 2.45) is 5.92 Å². The van der Waals surface area contributed by atoms with E-state index in [4.69, 9.17) is 0 Å². The zero-order valence-corrected chi connectivity index (χ0v) is 11.7. The Labute approximate surface area is 106 Å². The summed E-state index contributed by atoms with van der Waals surface area (Å²) in [5.41, 5.74) is 0. The Bertz CT molecular complexity index is 230. The topological polar surface area (TPSA) is 23.6 Å². The van der Waals surface area contributed by atoms with E-state index in [1.54, 1.807) is 0 Å². The van der Waals surface area contributed by atoms with E-state index in [2.05, 4.69) is 30.7 Å². The number of unbranched alkanes of at least 4 members (excludes halogenated alkanes) is 1. The molecule has 1 fully saturated rings. The monoisotopic (exact) mass is 240 g/mol. The molecule has 1 saturated heterocycles. The lowest BCUT2D eigenvalue weighted by Gasteiger charge is -2.31. The molecule has 0 saturated carbocycles. The van der Waals surface area contributed by atoms with Crippen LogP contribution in [-0.2, 0) is 4.79 Å². The first kappa shape index (κ1) is 14.5. The Morgan fingerprint density at radius 2 is 2.18 bits per heavy atom. The van der Waals surface area contributed by atoms with E-state index in [1.807, 2.05) is 0 Å². The summed E-state index contributed by atoms with van der Waals surface area (Å²) in [4.78, 5) is 16.4. The normalized spacial score (nSPS) is 20.9. The van der Waals surface area contributed by atoms with Gasteiger partial charge in [-0.05, 0) is 38.8 Å². The van der Waals surface area contributed by atoms with Gasteiger partial charge in [-0.2, -0.15) is 0 Å². The van der Waals surface area contributed by atoms with Crippen LogP contribution in [0.2, 0.25) is 0 Å². The maximum Gasteiger partial charge on any atom is 0.223 e. The summed E-state index contributed by atoms with van der Waals surface area (Å²) >= 11 is 0. The minimum atomic E-state index is 0.347. The van der Waals surface area contributed by atoms with Gasteiger partial charge in [-0.15, -0.1) is 0 Å². The van der Waals surface area contributed by atoms with Crippen molar-refractivity contribution in [2.75, 3.05) is 33.2 Å². The third kappa shape index (κ3) is 5.53. The number of hydrogen-bond donors (Lipinski definition) is 0. The predicted octanol–water partition coefficient (Wildman–Crippen LogP) is 2.37. The Kier molecular flexibility index (Phi) is 6.56. The number of rotatable bonds is 6. The molecule has 0 N–H and O–H groups in total. The van der Waals surface area contributed by atoms with Crippen LogP contribution < -0.4 is 0 Å². The van der Waals surface area contributed by atoms with E-state index in [0.717, 1.165) is 26.2 Å². The molecule has 3 heteroatoms. The van der Waals surface area contributed by atoms with Crippen molar-refractivity contribution >= 4 is 5.91 Å². The fourth-order valence-corrected chi connectivity index (χ4v) is 2.40. The van der Waals surface area contributed by atoms with Gasteiger partial charge in [0.1, 0.15) is 0 Å². The van der Waals surface area contributed by atoms with Crippen molar-refractivity contribution in [2.45, 2.75) is 46.0 Å². The standard InChI is InChI=1S/C14H28N2O/c1-4-5-9-15(3)11-8-14(17)16-10-6-7-13(2)12-16/h13H,4-12H2,1-3H3. The lowest BCUT2D eigenvalue weighted by Crippen LogP contribution is -2.40. The Morgan fingerprint density at radius 3 is 2.82 bits per heavy atom. The summed E-state index contributed by atoms with van der Waals surface area (Å²) < 4.78 is 0. The molecular formula is C14H28N2O. The number of amides is 1. The van der Waals surface area contributed by atoms with Gasteiger partial charge in [0.2, 0.25) is 5.91 Å². The van der Waals surface area contributed by atoms with E-state index in [0.29, 0.717) is 18.2 Å². The van der Waals surface area contributed by atoms with Gasteiger partial charge < -0.3 is 9.80 Å². The van der Waals surface area contributed by atoms with Crippen molar-refractivity contribution in [3.05, 3.63) is 0 Å². The zero-order chi connectivity index (χ0) is 12.7. The number of hydrogen-bond acceptors (Lipinski definition) is 2. The van der Waals surface area contributed by atoms with Gasteiger partial charge in [-0.3, -0.25) is 4.79 Å². The van der Waals surface area contributed by atoms with E-state index >= 15 is 0 Å². The van der Waals surface area contributed by atoms with E-state index in [9.17, 15) is 4.79 Å². The third-order valence-corrected chi connectivity index (χ3v) is 3.61. The second-order valence-corrected chi connectivity index (χ2v) is 5.49. The van der Waals surface area contributed by atoms with Crippen LogP contribution in [0.3, 0.4) is 0 Å². The Hall–Kier alpha value is -0.570. The number of carbonyl (C=O) groups is 1. The highest BCUT2D eigenvalue weighted by Crippen LogP contribution is 2.16. The quantitative estimate of drug-likeness (QED) is 0.711. The summed E-state index contributed by atoms with van der Waals surface area (Å²) in [5, 5.41) is 0. The predicted molar refractivity (Wildman–Crippen MR) is 72.0 cm³/mol. The van der Waals surface area contributed by atoms with Crippen molar-refractivity contribution in [3.63, 3.8) is 0 Å². The fourth-order valence-electron chi connectivity index (χ4n) is 2.40. The van der Waals surface area contributed by atoms with Gasteiger partial charge in [0.05, 0.1) is 0 Å². The maximum absolute atomic E-state index is 12.0. The van der Waals surface area contributed by atoms with Crippen LogP contribution in [0.25, 0.3) is 0 Å². The zero-order valence-electron chi connectivity index (χ0n) is 11.7. The van der Waals surface area contributed by atoms with Crippen molar-refractivity contribution in [1.82, 2.24) is 9.80 Å². The molecule has 0 aliphatic carbocycles. The smallest absolute Gasteiger partial charge is 0.223 e. The van der Waals surface area contributed by atoms with Crippen LogP contribution in [0, 0.1) is 5.92 Å². The van der Waals surface area contributed by atoms with Crippen LogP contribution in [0.15, 0.2) is 0 Å². The van der Waals surface area contributed by atoms with Crippen LogP contribution in [-0.4, -0.2) is 48.9 Å². The molecule has 1 unspecified atom stereocenters. The maximum atomic E-state index is 12.0. The first-order valence-corrected chi connectivity index (χ1v) is 7.09. The molecule has 0 aromatic heterocycles. The van der Waals surface area contributed by atoms with Crippen LogP contribution in [0.4, 0.5) is 0 Å². The van der Waals surface area contributed by atoms with Gasteiger partial charge in [-0.1, -0.05) is 20.3 Å². The van der Waals surface area contributed by atoms with Crippen molar-refractivity contribution in [1.29, 1.82) is 0 Å². The molecule has 0 aromatic carbocycles. The molecule has 0 aromatic rings. The summed E-state index contributed by atoms with van der Waals surface area (Å²) in [7, 11) is 2.11. The molecule has 17 heavy (non-hydrogen) atoms. The van der Waals surface area contributed by atoms with E-state index in [-0.39, 0.29) is 0 Å². The number of piperidine rings is 1. The molecule has 100 valence electrons. The molecule has 0 bridgehead atoms. The van der Waals surface area contributed by atoms with Crippen molar-refractivity contribution < 1.29 is 4.79 Å². The lowest BCUT2D eigenvalue weighted by atomic mass is 10.00. The molecule has 1 atom stereocenters. The summed E-state index contributed by atoms with van der Waals surface area (Å²) in [6, 6.07) is 0.